The van der Waals surface area contributed by atoms with Crippen molar-refractivity contribution in [1.29, 1.82) is 0 Å². The second-order valence-electron chi connectivity index (χ2n) is 8.75. The number of hydrogen-bond acceptors (Lipinski definition) is 4. The van der Waals surface area contributed by atoms with Crippen LogP contribution in [0, 0.1) is 0 Å². The first-order valence-corrected chi connectivity index (χ1v) is 11.4. The number of nitrogens with one attached hydrogen (secondary N) is 1. The molecule has 4 aromatic rings. The van der Waals surface area contributed by atoms with E-state index >= 15 is 0 Å². The topological polar surface area (TPSA) is 93.3 Å². The zero-order chi connectivity index (χ0) is 23.7. The molecule has 1 fully saturated rings. The number of nitrogens with zero attached hydrogens (tertiary/aromatic N) is 2. The van der Waals surface area contributed by atoms with Gasteiger partial charge in [0, 0.05) is 12.1 Å². The Balaban J connectivity index is 1.58. The predicted octanol–water partition coefficient (Wildman–Crippen LogP) is 3.45. The van der Waals surface area contributed by atoms with Gasteiger partial charge in [-0.3, -0.25) is 23.9 Å². The third kappa shape index (κ3) is 4.30. The highest BCUT2D eigenvalue weighted by molar-refractivity contribution is 5.93. The molecule has 1 saturated carbocycles. The molecule has 1 aromatic heterocycles. The number of hydrogen-bond donors (Lipinski definition) is 2. The molecular weight excluding hydrogens is 430 g/mol. The fraction of sp³-hybridized carbons (Fsp3) is 0.222. The van der Waals surface area contributed by atoms with Crippen molar-refractivity contribution in [2.45, 2.75) is 38.3 Å². The highest BCUT2D eigenvalue weighted by Crippen LogP contribution is 2.40. The quantitative estimate of drug-likeness (QED) is 0.330. The Kier molecular flexibility index (Phi) is 5.86. The summed E-state index contributed by atoms with van der Waals surface area (Å²) in [7, 11) is 0. The number of benzene rings is 3. The minimum atomic E-state index is -0.599. The minimum absolute atomic E-state index is 0.260. The maximum absolute atomic E-state index is 13.6. The van der Waals surface area contributed by atoms with Crippen LogP contribution in [0.3, 0.4) is 0 Å². The number of carbonyl (C=O) groups excluding carboxylic acids is 1. The van der Waals surface area contributed by atoms with Gasteiger partial charge in [-0.05, 0) is 66.1 Å². The van der Waals surface area contributed by atoms with Crippen molar-refractivity contribution in [3.05, 3.63) is 116 Å². The third-order valence-corrected chi connectivity index (χ3v) is 6.42. The molecule has 7 nitrogen and oxygen atoms in total. The van der Waals surface area contributed by atoms with Crippen molar-refractivity contribution in [2.24, 2.45) is 0 Å². The van der Waals surface area contributed by atoms with Gasteiger partial charge in [0.2, 0.25) is 0 Å². The molecule has 0 atom stereocenters. The summed E-state index contributed by atoms with van der Waals surface area (Å²) in [5.41, 5.74) is 4.95. The smallest absolute Gasteiger partial charge is 0.289 e. The van der Waals surface area contributed by atoms with Gasteiger partial charge >= 0.3 is 5.69 Å². The maximum atomic E-state index is 13.6. The van der Waals surface area contributed by atoms with E-state index in [1.54, 1.807) is 34.3 Å². The molecule has 0 unspecified atom stereocenters. The minimum Gasteiger partial charge on any atom is -0.289 e. The van der Waals surface area contributed by atoms with Gasteiger partial charge in [-0.25, -0.2) is 10.3 Å². The second kappa shape index (κ2) is 9.11. The molecule has 1 amide bonds. The highest BCUT2D eigenvalue weighted by atomic mass is 16.5. The Bertz CT molecular complexity index is 1470. The van der Waals surface area contributed by atoms with Gasteiger partial charge in [0.15, 0.2) is 0 Å². The van der Waals surface area contributed by atoms with Crippen LogP contribution < -0.4 is 16.7 Å². The molecule has 0 aliphatic heterocycles. The Morgan fingerprint density at radius 1 is 0.912 bits per heavy atom. The first kappa shape index (κ1) is 21.9. The van der Waals surface area contributed by atoms with Crippen molar-refractivity contribution < 1.29 is 10.0 Å². The summed E-state index contributed by atoms with van der Waals surface area (Å²) in [4.78, 5) is 38.5. The van der Waals surface area contributed by atoms with E-state index in [0.29, 0.717) is 28.8 Å². The summed E-state index contributed by atoms with van der Waals surface area (Å²) in [5.74, 6) is -0.109. The number of aromatic nitrogens is 2. The molecule has 0 saturated heterocycles. The lowest BCUT2D eigenvalue weighted by molar-refractivity contribution is 0.0706. The largest absolute Gasteiger partial charge is 0.331 e. The van der Waals surface area contributed by atoms with Crippen LogP contribution in [-0.2, 0) is 19.5 Å². The van der Waals surface area contributed by atoms with E-state index in [1.165, 1.54) is 4.57 Å². The molecule has 0 radical (unpaired) electrons. The van der Waals surface area contributed by atoms with Gasteiger partial charge in [-0.2, -0.15) is 0 Å². The van der Waals surface area contributed by atoms with E-state index < -0.39 is 5.91 Å². The summed E-state index contributed by atoms with van der Waals surface area (Å²) >= 11 is 0. The van der Waals surface area contributed by atoms with Crippen molar-refractivity contribution in [1.82, 2.24) is 14.6 Å². The molecule has 0 bridgehead atoms. The van der Waals surface area contributed by atoms with Crippen LogP contribution in [0.15, 0.2) is 82.4 Å². The number of carbonyl (C=O) groups is 1. The first-order valence-electron chi connectivity index (χ1n) is 11.4. The van der Waals surface area contributed by atoms with E-state index in [-0.39, 0.29) is 24.3 Å². The van der Waals surface area contributed by atoms with Gasteiger partial charge in [0.25, 0.3) is 11.5 Å². The van der Waals surface area contributed by atoms with Crippen molar-refractivity contribution in [3.63, 3.8) is 0 Å². The fourth-order valence-corrected chi connectivity index (χ4v) is 4.35. The van der Waals surface area contributed by atoms with Gasteiger partial charge in [0.1, 0.15) is 0 Å². The number of amides is 1. The van der Waals surface area contributed by atoms with E-state index in [2.05, 4.69) is 0 Å². The molecule has 1 aliphatic rings. The van der Waals surface area contributed by atoms with E-state index in [9.17, 15) is 14.4 Å². The normalized spacial score (nSPS) is 13.2. The molecule has 34 heavy (non-hydrogen) atoms. The average molecular weight is 456 g/mol. The summed E-state index contributed by atoms with van der Waals surface area (Å²) < 4.78 is 2.97. The fourth-order valence-electron chi connectivity index (χ4n) is 4.35. The molecule has 5 rings (SSSR count). The van der Waals surface area contributed by atoms with Crippen molar-refractivity contribution in [3.8, 4) is 0 Å². The van der Waals surface area contributed by atoms with Gasteiger partial charge in [-0.15, -0.1) is 0 Å². The van der Waals surface area contributed by atoms with Crippen LogP contribution in [0.2, 0.25) is 0 Å². The molecule has 3 aromatic carbocycles. The lowest BCUT2D eigenvalue weighted by atomic mass is 10.1. The highest BCUT2D eigenvalue weighted by Gasteiger charge is 2.24. The van der Waals surface area contributed by atoms with Gasteiger partial charge < -0.3 is 0 Å². The molecule has 2 N–H and O–H groups in total. The standard InChI is InChI=1S/C27H25N3O4/c31-25(28-34)21-8-6-19(7-9-21)17-30-24-16-22(20-10-11-20)12-13-23(24)26(32)29(27(30)33)15-14-18-4-2-1-3-5-18/h1-9,12-13,16,20,34H,10-11,14-15,17H2,(H,28,31). The van der Waals surface area contributed by atoms with Crippen molar-refractivity contribution in [2.75, 3.05) is 0 Å². The Morgan fingerprint density at radius 3 is 2.32 bits per heavy atom. The Hall–Kier alpha value is -3.97. The lowest BCUT2D eigenvalue weighted by Crippen LogP contribution is -2.40. The van der Waals surface area contributed by atoms with Crippen LogP contribution in [0.1, 0.15) is 45.8 Å². The lowest BCUT2D eigenvalue weighted by Gasteiger charge is -2.15. The Morgan fingerprint density at radius 2 is 1.65 bits per heavy atom. The number of hydroxylamine groups is 1. The number of rotatable bonds is 7. The predicted molar refractivity (Wildman–Crippen MR) is 129 cm³/mol. The van der Waals surface area contributed by atoms with Gasteiger partial charge in [0.05, 0.1) is 17.4 Å². The van der Waals surface area contributed by atoms with E-state index in [4.69, 9.17) is 5.21 Å². The second-order valence-corrected chi connectivity index (χ2v) is 8.75. The summed E-state index contributed by atoms with van der Waals surface area (Å²) in [5, 5.41) is 9.36. The van der Waals surface area contributed by atoms with Crippen LogP contribution in [0.5, 0.6) is 0 Å². The monoisotopic (exact) mass is 455 g/mol. The summed E-state index contributed by atoms with van der Waals surface area (Å²) in [6.07, 6.45) is 2.82. The first-order chi connectivity index (χ1) is 16.5. The molecule has 1 aliphatic carbocycles. The van der Waals surface area contributed by atoms with Crippen LogP contribution >= 0.6 is 0 Å². The maximum Gasteiger partial charge on any atom is 0.331 e. The zero-order valence-electron chi connectivity index (χ0n) is 18.6. The Labute approximate surface area is 195 Å². The molecule has 172 valence electrons. The number of aryl methyl sites for hydroxylation is 1. The third-order valence-electron chi connectivity index (χ3n) is 6.42. The molecule has 1 heterocycles. The van der Waals surface area contributed by atoms with E-state index in [1.807, 2.05) is 48.5 Å². The number of fused-ring (bicyclic) bond motifs is 1. The summed E-state index contributed by atoms with van der Waals surface area (Å²) in [6.45, 7) is 0.549. The van der Waals surface area contributed by atoms with E-state index in [0.717, 1.165) is 29.5 Å². The molecular formula is C27H25N3O4. The van der Waals surface area contributed by atoms with Crippen LogP contribution in [0.25, 0.3) is 10.9 Å². The molecule has 0 spiro atoms. The van der Waals surface area contributed by atoms with Crippen LogP contribution in [0.4, 0.5) is 0 Å². The van der Waals surface area contributed by atoms with Gasteiger partial charge in [-0.1, -0.05) is 48.5 Å². The molecule has 7 heteroatoms. The SMILES string of the molecule is O=C(NO)c1ccc(Cn2c(=O)n(CCc3ccccc3)c(=O)c3ccc(C4CC4)cc32)cc1. The average Bonchev–Trinajstić information content (AvgIpc) is 3.72. The zero-order valence-corrected chi connectivity index (χ0v) is 18.6. The summed E-state index contributed by atoms with van der Waals surface area (Å²) in [6, 6.07) is 22.3. The van der Waals surface area contributed by atoms with Crippen LogP contribution in [-0.4, -0.2) is 20.2 Å². The van der Waals surface area contributed by atoms with Crippen molar-refractivity contribution >= 4 is 16.8 Å².